The van der Waals surface area contributed by atoms with Gasteiger partial charge in [-0.1, -0.05) is 35.4 Å². The molecule has 0 amide bonds. The van der Waals surface area contributed by atoms with Crippen molar-refractivity contribution in [2.45, 2.75) is 41.1 Å². The normalized spacial score (nSPS) is 20.0. The molecule has 1 fully saturated rings. The third-order valence-corrected chi connectivity index (χ3v) is 10.2. The zero-order valence-corrected chi connectivity index (χ0v) is 22.4. The second-order valence-corrected chi connectivity index (χ2v) is 14.3. The molecular weight excluding hydrogens is 558 g/mol. The second kappa shape index (κ2) is 11.4. The molecule has 2 aromatic rings. The first-order chi connectivity index (χ1) is 16.3. The molecule has 0 radical (unpaired) electrons. The van der Waals surface area contributed by atoms with E-state index in [1.165, 1.54) is 52.8 Å². The molecule has 35 heavy (non-hydrogen) atoms. The molecule has 192 valence electrons. The van der Waals surface area contributed by atoms with E-state index in [9.17, 15) is 21.4 Å². The van der Waals surface area contributed by atoms with Gasteiger partial charge in [-0.15, -0.1) is 0 Å². The van der Waals surface area contributed by atoms with Crippen molar-refractivity contribution in [3.63, 3.8) is 0 Å². The van der Waals surface area contributed by atoms with Gasteiger partial charge in [-0.05, 0) is 67.8 Å². The quantitative estimate of drug-likeness (QED) is 0.221. The zero-order chi connectivity index (χ0) is 25.9. The fourth-order valence-electron chi connectivity index (χ4n) is 3.68. The van der Waals surface area contributed by atoms with Crippen LogP contribution in [0.2, 0.25) is 10.0 Å². The summed E-state index contributed by atoms with van der Waals surface area (Å²) in [6.45, 7) is -0.102. The number of nitrogens with zero attached hydrogens (tertiary/aromatic N) is 1. The van der Waals surface area contributed by atoms with Crippen LogP contribution in [0.15, 0.2) is 70.5 Å². The molecule has 14 heteroatoms. The van der Waals surface area contributed by atoms with E-state index in [0.29, 0.717) is 16.5 Å². The molecule has 0 unspecified atom stereocenters. The minimum Gasteiger partial charge on any atom is -0.324 e. The van der Waals surface area contributed by atoms with E-state index in [1.807, 2.05) is 0 Å². The van der Waals surface area contributed by atoms with Crippen LogP contribution < -0.4 is 4.72 Å². The van der Waals surface area contributed by atoms with Crippen molar-refractivity contribution < 1.29 is 31.2 Å². The fourth-order valence-corrected chi connectivity index (χ4v) is 7.41. The monoisotopic (exact) mass is 582 g/mol. The first kappa shape index (κ1) is 28.3. The maximum Gasteiger partial charge on any atom is 0.325 e. The Bertz CT molecular complexity index is 1310. The van der Waals surface area contributed by atoms with E-state index < -0.39 is 39.7 Å². The van der Waals surface area contributed by atoms with Crippen LogP contribution in [0.25, 0.3) is 0 Å². The van der Waals surface area contributed by atoms with Crippen molar-refractivity contribution in [3.05, 3.63) is 70.7 Å². The number of unbranched alkanes of at least 4 members (excludes halogenated alkanes) is 1. The molecule has 3 rings (SSSR count). The lowest BCUT2D eigenvalue weighted by Gasteiger charge is -2.22. The average molecular weight is 583 g/mol. The van der Waals surface area contributed by atoms with E-state index in [4.69, 9.17) is 33.0 Å². The summed E-state index contributed by atoms with van der Waals surface area (Å²) in [6.07, 6.45) is 3.74. The number of hydrogen-bond donors (Lipinski definition) is 3. The molecular formula is C21H25Cl2N2O7PS2. The predicted octanol–water partition coefficient (Wildman–Crippen LogP) is 3.62. The Morgan fingerprint density at radius 2 is 1.51 bits per heavy atom. The number of hydrogen-bond acceptors (Lipinski definition) is 5. The first-order valence-electron chi connectivity index (χ1n) is 10.5. The van der Waals surface area contributed by atoms with E-state index in [0.717, 1.165) is 0 Å². The fraction of sp³-hybridized carbons (Fsp3) is 0.333. The van der Waals surface area contributed by atoms with Crippen LogP contribution in [0.3, 0.4) is 0 Å². The summed E-state index contributed by atoms with van der Waals surface area (Å²) < 4.78 is 67.2. The smallest absolute Gasteiger partial charge is 0.324 e. The van der Waals surface area contributed by atoms with Gasteiger partial charge in [-0.2, -0.15) is 4.31 Å². The molecule has 9 nitrogen and oxygen atoms in total. The number of halogens is 2. The average Bonchev–Trinajstić information content (AvgIpc) is 3.16. The van der Waals surface area contributed by atoms with Gasteiger partial charge in [0.1, 0.15) is 0 Å². The van der Waals surface area contributed by atoms with E-state index in [2.05, 4.69) is 4.72 Å². The molecule has 1 heterocycles. The van der Waals surface area contributed by atoms with Gasteiger partial charge in [-0.3, -0.25) is 4.57 Å². The molecule has 1 saturated heterocycles. The van der Waals surface area contributed by atoms with Crippen LogP contribution in [0.1, 0.15) is 19.3 Å². The van der Waals surface area contributed by atoms with Gasteiger partial charge >= 0.3 is 7.60 Å². The molecule has 2 aromatic carbocycles. The summed E-state index contributed by atoms with van der Waals surface area (Å²) in [5.74, 6) is 0. The number of rotatable bonds is 10. The highest BCUT2D eigenvalue weighted by molar-refractivity contribution is 7.89. The number of sulfonamides is 2. The van der Waals surface area contributed by atoms with Gasteiger partial charge in [0.05, 0.1) is 16.0 Å². The Kier molecular flexibility index (Phi) is 9.23. The SMILES string of the molecule is O=P(O)(O)CCCC=C[C@@H]1C[C@@H](NS(=O)(=O)c2ccc(Cl)cc2)CN1S(=O)(=O)c1ccc(Cl)cc1. The lowest BCUT2D eigenvalue weighted by Crippen LogP contribution is -2.39. The number of benzene rings is 2. The van der Waals surface area contributed by atoms with Crippen LogP contribution in [0.5, 0.6) is 0 Å². The Morgan fingerprint density at radius 3 is 2.06 bits per heavy atom. The summed E-state index contributed by atoms with van der Waals surface area (Å²) in [5.41, 5.74) is 0. The van der Waals surface area contributed by atoms with Crippen LogP contribution in [-0.4, -0.2) is 55.7 Å². The van der Waals surface area contributed by atoms with Crippen LogP contribution in [0, 0.1) is 0 Å². The third kappa shape index (κ3) is 7.85. The van der Waals surface area contributed by atoms with Crippen LogP contribution >= 0.6 is 30.8 Å². The molecule has 3 N–H and O–H groups in total. The van der Waals surface area contributed by atoms with E-state index in [-0.39, 0.29) is 35.3 Å². The van der Waals surface area contributed by atoms with Gasteiger partial charge in [0.25, 0.3) is 0 Å². The summed E-state index contributed by atoms with van der Waals surface area (Å²) in [6, 6.07) is 9.92. The number of allylic oxidation sites excluding steroid dienone is 1. The molecule has 0 aliphatic carbocycles. The van der Waals surface area contributed by atoms with Gasteiger partial charge in [0.2, 0.25) is 20.0 Å². The Labute approximate surface area is 215 Å². The lowest BCUT2D eigenvalue weighted by molar-refractivity contribution is 0.372. The van der Waals surface area contributed by atoms with Crippen molar-refractivity contribution in [2.75, 3.05) is 12.7 Å². The van der Waals surface area contributed by atoms with Crippen LogP contribution in [0.4, 0.5) is 0 Å². The Balaban J connectivity index is 1.82. The standard InChI is InChI=1S/C21H25Cl2N2O7PS2/c22-16-5-9-20(10-6-16)34(29,30)24-18-14-19(4-2-1-3-13-33(26,27)28)25(15-18)35(31,32)21-11-7-17(23)8-12-21/h2,4-12,18-19,24H,1,3,13-15H2,(H2,26,27,28)/t18-,19-/m1/s1. The second-order valence-electron chi connectivity index (χ2n) is 8.06. The minimum absolute atomic E-state index is 0.00503. The van der Waals surface area contributed by atoms with E-state index in [1.54, 1.807) is 12.2 Å². The van der Waals surface area contributed by atoms with Crippen molar-refractivity contribution in [1.82, 2.24) is 9.03 Å². The minimum atomic E-state index is -4.12. The van der Waals surface area contributed by atoms with E-state index >= 15 is 0 Å². The summed E-state index contributed by atoms with van der Waals surface area (Å²) >= 11 is 11.7. The molecule has 0 bridgehead atoms. The highest BCUT2D eigenvalue weighted by atomic mass is 35.5. The molecule has 1 aliphatic rings. The Hall–Kier alpha value is -1.27. The molecule has 0 spiro atoms. The van der Waals surface area contributed by atoms with Gasteiger partial charge in [-0.25, -0.2) is 21.6 Å². The van der Waals surface area contributed by atoms with Gasteiger partial charge < -0.3 is 9.79 Å². The van der Waals surface area contributed by atoms with Crippen molar-refractivity contribution in [2.24, 2.45) is 0 Å². The summed E-state index contributed by atoms with van der Waals surface area (Å²) in [7, 11) is -12.0. The van der Waals surface area contributed by atoms with Crippen molar-refractivity contribution >= 4 is 50.8 Å². The zero-order valence-electron chi connectivity index (χ0n) is 18.4. The van der Waals surface area contributed by atoms with Gasteiger partial charge in [0.15, 0.2) is 0 Å². The maximum atomic E-state index is 13.3. The van der Waals surface area contributed by atoms with Crippen LogP contribution in [-0.2, 0) is 24.6 Å². The topological polar surface area (TPSA) is 141 Å². The summed E-state index contributed by atoms with van der Waals surface area (Å²) in [4.78, 5) is 18.0. The van der Waals surface area contributed by atoms with Gasteiger partial charge in [0, 0.05) is 28.7 Å². The molecule has 2 atom stereocenters. The predicted molar refractivity (Wildman–Crippen MR) is 135 cm³/mol. The highest BCUT2D eigenvalue weighted by Crippen LogP contribution is 2.35. The summed E-state index contributed by atoms with van der Waals surface area (Å²) in [5, 5.41) is 0.759. The Morgan fingerprint density at radius 1 is 0.971 bits per heavy atom. The maximum absolute atomic E-state index is 13.3. The molecule has 1 aliphatic heterocycles. The first-order valence-corrected chi connectivity index (χ1v) is 16.0. The lowest BCUT2D eigenvalue weighted by atomic mass is 10.1. The largest absolute Gasteiger partial charge is 0.325 e. The third-order valence-electron chi connectivity index (χ3n) is 5.34. The molecule has 0 saturated carbocycles. The highest BCUT2D eigenvalue weighted by Gasteiger charge is 2.40. The number of nitrogens with one attached hydrogen (secondary N) is 1. The molecule has 0 aromatic heterocycles. The van der Waals surface area contributed by atoms with Crippen molar-refractivity contribution in [3.8, 4) is 0 Å². The van der Waals surface area contributed by atoms with Crippen molar-refractivity contribution in [1.29, 1.82) is 0 Å².